The summed E-state index contributed by atoms with van der Waals surface area (Å²) in [6.45, 7) is 3.98. The third-order valence-electron chi connectivity index (χ3n) is 3.61. The Kier molecular flexibility index (Phi) is 3.67. The van der Waals surface area contributed by atoms with Crippen LogP contribution < -0.4 is 5.32 Å². The third kappa shape index (κ3) is 2.72. The molecule has 2 aromatic carbocycles. The van der Waals surface area contributed by atoms with Gasteiger partial charge in [-0.15, -0.1) is 0 Å². The van der Waals surface area contributed by atoms with Gasteiger partial charge in [-0.2, -0.15) is 5.26 Å². The molecule has 0 saturated carbocycles. The Bertz CT molecular complexity index is 824. The number of anilines is 1. The number of fused-ring (bicyclic) bond motifs is 1. The van der Waals surface area contributed by atoms with Crippen LogP contribution in [0.4, 0.5) is 5.69 Å². The molecule has 0 spiro atoms. The quantitative estimate of drug-likeness (QED) is 0.719. The molecule has 2 aromatic rings. The molecule has 0 radical (unpaired) electrons. The molecule has 3 nitrogen and oxygen atoms in total. The third-order valence-corrected chi connectivity index (χ3v) is 4.26. The van der Waals surface area contributed by atoms with E-state index >= 15 is 0 Å². The molecule has 1 aliphatic heterocycles. The van der Waals surface area contributed by atoms with Crippen LogP contribution >= 0.6 is 28.1 Å². The van der Waals surface area contributed by atoms with Crippen LogP contribution in [-0.2, 0) is 10.3 Å². The van der Waals surface area contributed by atoms with E-state index in [0.717, 1.165) is 26.9 Å². The first-order chi connectivity index (χ1) is 10.4. The molecule has 22 heavy (non-hydrogen) atoms. The van der Waals surface area contributed by atoms with Crippen molar-refractivity contribution in [3.63, 3.8) is 0 Å². The molecule has 1 aliphatic rings. The van der Waals surface area contributed by atoms with Gasteiger partial charge in [0.05, 0.1) is 11.6 Å². The van der Waals surface area contributed by atoms with Gasteiger partial charge in [0, 0.05) is 15.7 Å². The van der Waals surface area contributed by atoms with Crippen molar-refractivity contribution >= 4 is 39.0 Å². The Morgan fingerprint density at radius 1 is 1.18 bits per heavy atom. The summed E-state index contributed by atoms with van der Waals surface area (Å²) in [6.07, 6.45) is 0. The highest BCUT2D eigenvalue weighted by Gasteiger charge is 2.31. The summed E-state index contributed by atoms with van der Waals surface area (Å²) in [5.41, 5.74) is 4.15. The Balaban J connectivity index is 2.14. The Labute approximate surface area is 143 Å². The molecule has 3 rings (SSSR count). The fraction of sp³-hybridized carbons (Fsp3) is 0.176. The molecule has 0 aromatic heterocycles. The van der Waals surface area contributed by atoms with Gasteiger partial charge in [0.15, 0.2) is 0 Å². The zero-order valence-electron chi connectivity index (χ0n) is 12.1. The van der Waals surface area contributed by atoms with E-state index in [4.69, 9.17) is 22.2 Å². The predicted molar refractivity (Wildman–Crippen MR) is 94.6 cm³/mol. The average Bonchev–Trinajstić information content (AvgIpc) is 2.45. The zero-order valence-corrected chi connectivity index (χ0v) is 14.5. The SMILES string of the molecule is CC1(C)OC(=S)Nc2ccc(-c3cc(Br)cc(C#N)c3)cc21. The Morgan fingerprint density at radius 2 is 1.95 bits per heavy atom. The van der Waals surface area contributed by atoms with Crippen molar-refractivity contribution in [1.82, 2.24) is 0 Å². The van der Waals surface area contributed by atoms with Gasteiger partial charge in [-0.1, -0.05) is 22.0 Å². The van der Waals surface area contributed by atoms with Gasteiger partial charge in [0.1, 0.15) is 5.60 Å². The number of hydrogen-bond acceptors (Lipinski definition) is 3. The first-order valence-electron chi connectivity index (χ1n) is 6.75. The van der Waals surface area contributed by atoms with E-state index < -0.39 is 5.60 Å². The summed E-state index contributed by atoms with van der Waals surface area (Å²) in [4.78, 5) is 0. The fourth-order valence-corrected chi connectivity index (χ4v) is 3.39. The number of nitrogens with zero attached hydrogens (tertiary/aromatic N) is 1. The maximum Gasteiger partial charge on any atom is 0.262 e. The number of thiocarbonyl (C=S) groups is 1. The second-order valence-electron chi connectivity index (χ2n) is 5.63. The second kappa shape index (κ2) is 5.38. The summed E-state index contributed by atoms with van der Waals surface area (Å²) in [5.74, 6) is 0. The summed E-state index contributed by atoms with van der Waals surface area (Å²) < 4.78 is 6.60. The maximum absolute atomic E-state index is 9.12. The van der Waals surface area contributed by atoms with Crippen LogP contribution in [0.25, 0.3) is 11.1 Å². The van der Waals surface area contributed by atoms with Gasteiger partial charge in [-0.25, -0.2) is 0 Å². The maximum atomic E-state index is 9.12. The van der Waals surface area contributed by atoms with Crippen molar-refractivity contribution < 1.29 is 4.74 Å². The van der Waals surface area contributed by atoms with Crippen LogP contribution in [0.15, 0.2) is 40.9 Å². The van der Waals surface area contributed by atoms with Crippen molar-refractivity contribution in [1.29, 1.82) is 5.26 Å². The van der Waals surface area contributed by atoms with Crippen molar-refractivity contribution in [2.75, 3.05) is 5.32 Å². The molecule has 0 atom stereocenters. The van der Waals surface area contributed by atoms with E-state index in [1.54, 1.807) is 6.07 Å². The first-order valence-corrected chi connectivity index (χ1v) is 7.95. The molecule has 1 N–H and O–H groups in total. The van der Waals surface area contributed by atoms with Crippen molar-refractivity contribution in [3.05, 3.63) is 52.0 Å². The first kappa shape index (κ1) is 15.0. The van der Waals surface area contributed by atoms with Gasteiger partial charge < -0.3 is 10.1 Å². The number of nitriles is 1. The minimum absolute atomic E-state index is 0.388. The summed E-state index contributed by atoms with van der Waals surface area (Å²) in [5, 5.41) is 12.6. The van der Waals surface area contributed by atoms with Crippen molar-refractivity contribution in [2.45, 2.75) is 19.4 Å². The van der Waals surface area contributed by atoms with E-state index in [9.17, 15) is 0 Å². The van der Waals surface area contributed by atoms with E-state index in [0.29, 0.717) is 10.7 Å². The largest absolute Gasteiger partial charge is 0.460 e. The topological polar surface area (TPSA) is 45.0 Å². The fourth-order valence-electron chi connectivity index (χ4n) is 2.57. The lowest BCUT2D eigenvalue weighted by Gasteiger charge is -2.34. The van der Waals surface area contributed by atoms with Gasteiger partial charge in [0.2, 0.25) is 0 Å². The Morgan fingerprint density at radius 3 is 2.68 bits per heavy atom. The van der Waals surface area contributed by atoms with E-state index in [2.05, 4.69) is 33.4 Å². The Hall–Kier alpha value is -1.90. The van der Waals surface area contributed by atoms with Crippen LogP contribution in [0.1, 0.15) is 25.0 Å². The molecule has 0 amide bonds. The van der Waals surface area contributed by atoms with E-state index in [1.165, 1.54) is 0 Å². The number of benzene rings is 2. The number of halogens is 1. The summed E-state index contributed by atoms with van der Waals surface area (Å²) in [7, 11) is 0. The van der Waals surface area contributed by atoms with Crippen LogP contribution in [-0.4, -0.2) is 5.17 Å². The standard InChI is InChI=1S/C17H13BrN2OS/c1-17(2)14-8-11(3-4-15(14)20-16(22)21-17)12-5-10(9-19)6-13(18)7-12/h3-8H,1-2H3,(H,20,22). The zero-order chi connectivity index (χ0) is 15.9. The second-order valence-corrected chi connectivity index (χ2v) is 6.91. The van der Waals surface area contributed by atoms with Crippen LogP contribution in [0, 0.1) is 11.3 Å². The van der Waals surface area contributed by atoms with Gasteiger partial charge in [-0.3, -0.25) is 0 Å². The number of ether oxygens (including phenoxy) is 1. The monoisotopic (exact) mass is 372 g/mol. The smallest absolute Gasteiger partial charge is 0.262 e. The minimum Gasteiger partial charge on any atom is -0.460 e. The molecular formula is C17H13BrN2OS. The van der Waals surface area contributed by atoms with Crippen LogP contribution in [0.3, 0.4) is 0 Å². The molecule has 5 heteroatoms. The van der Waals surface area contributed by atoms with Crippen LogP contribution in [0.5, 0.6) is 0 Å². The highest BCUT2D eigenvalue weighted by Crippen LogP contribution is 2.38. The molecule has 1 heterocycles. The molecule has 0 saturated heterocycles. The lowest BCUT2D eigenvalue weighted by atomic mass is 9.91. The van der Waals surface area contributed by atoms with Crippen LogP contribution in [0.2, 0.25) is 0 Å². The highest BCUT2D eigenvalue weighted by molar-refractivity contribution is 9.10. The number of hydrogen-bond donors (Lipinski definition) is 1. The molecule has 0 aliphatic carbocycles. The average molecular weight is 373 g/mol. The van der Waals surface area contributed by atoms with E-state index in [-0.39, 0.29) is 0 Å². The lowest BCUT2D eigenvalue weighted by Crippen LogP contribution is -2.34. The predicted octanol–water partition coefficient (Wildman–Crippen LogP) is 4.95. The summed E-state index contributed by atoms with van der Waals surface area (Å²) in [6, 6.07) is 13.9. The molecule has 110 valence electrons. The molecule has 0 fully saturated rings. The van der Waals surface area contributed by atoms with E-state index in [1.807, 2.05) is 38.1 Å². The van der Waals surface area contributed by atoms with Crippen molar-refractivity contribution in [3.8, 4) is 17.2 Å². The van der Waals surface area contributed by atoms with Crippen molar-refractivity contribution in [2.24, 2.45) is 0 Å². The molecular weight excluding hydrogens is 360 g/mol. The number of rotatable bonds is 1. The van der Waals surface area contributed by atoms with Gasteiger partial charge in [0.25, 0.3) is 5.17 Å². The highest BCUT2D eigenvalue weighted by atomic mass is 79.9. The molecule has 0 bridgehead atoms. The minimum atomic E-state index is -0.488. The summed E-state index contributed by atoms with van der Waals surface area (Å²) >= 11 is 8.58. The van der Waals surface area contributed by atoms with Gasteiger partial charge >= 0.3 is 0 Å². The normalized spacial score (nSPS) is 15.3. The molecule has 0 unspecified atom stereocenters. The lowest BCUT2D eigenvalue weighted by molar-refractivity contribution is 0.0947. The van der Waals surface area contributed by atoms with Gasteiger partial charge in [-0.05, 0) is 67.5 Å². The number of nitrogens with one attached hydrogen (secondary N) is 1.